The maximum atomic E-state index is 10.4. The van der Waals surface area contributed by atoms with E-state index in [4.69, 9.17) is 16.6 Å². The zero-order valence-electron chi connectivity index (χ0n) is 8.73. The van der Waals surface area contributed by atoms with Crippen molar-refractivity contribution >= 4 is 5.97 Å². The Morgan fingerprint density at radius 2 is 2.07 bits per heavy atom. The molecule has 0 aliphatic rings. The van der Waals surface area contributed by atoms with E-state index in [1.54, 1.807) is 0 Å². The minimum absolute atomic E-state index is 0.198. The van der Waals surface area contributed by atoms with Gasteiger partial charge in [-0.15, -0.1) is 0 Å². The summed E-state index contributed by atoms with van der Waals surface area (Å²) in [5.41, 5.74) is 11.0. The van der Waals surface area contributed by atoms with Crippen LogP contribution < -0.4 is 16.8 Å². The predicted molar refractivity (Wildman–Crippen MR) is 54.5 cm³/mol. The number of carboxylic acid groups (broad SMARTS) is 1. The van der Waals surface area contributed by atoms with Gasteiger partial charge in [-0.2, -0.15) is 0 Å². The average Bonchev–Trinajstić information content (AvgIpc) is 2.11. The molecule has 6 N–H and O–H groups in total. The van der Waals surface area contributed by atoms with Gasteiger partial charge in [0.15, 0.2) is 0 Å². The molecule has 0 amide bonds. The first-order chi connectivity index (χ1) is 6.45. The van der Waals surface area contributed by atoms with Crippen molar-refractivity contribution in [1.82, 2.24) is 10.2 Å². The van der Waals surface area contributed by atoms with Crippen LogP contribution in [0.1, 0.15) is 12.8 Å². The fourth-order valence-electron chi connectivity index (χ4n) is 0.878. The fourth-order valence-corrected chi connectivity index (χ4v) is 0.878. The van der Waals surface area contributed by atoms with Gasteiger partial charge in [0.25, 0.3) is 0 Å². The molecule has 0 aliphatic heterocycles. The second-order valence-corrected chi connectivity index (χ2v) is 3.45. The molecule has 2 atom stereocenters. The number of carboxylic acids is 1. The molecule has 6 heteroatoms. The third-order valence-corrected chi connectivity index (χ3v) is 1.92. The Labute approximate surface area is 84.2 Å². The normalized spacial score (nSPS) is 15.5. The molecule has 6 nitrogen and oxygen atoms in total. The molecule has 0 radical (unpaired) electrons. The van der Waals surface area contributed by atoms with E-state index in [1.165, 1.54) is 0 Å². The molecule has 2 unspecified atom stereocenters. The number of nitrogens with zero attached hydrogens (tertiary/aromatic N) is 1. The van der Waals surface area contributed by atoms with E-state index in [1.807, 2.05) is 19.0 Å². The number of rotatable bonds is 7. The largest absolute Gasteiger partial charge is 0.480 e. The Kier molecular flexibility index (Phi) is 6.39. The standard InChI is InChI=1S/C8H20N4O2/c1-12(2)8(10)11-5-3-4-6(9)7(13)14/h6,8,11H,3-5,9-10H2,1-2H3,(H,13,14). The van der Waals surface area contributed by atoms with Crippen LogP contribution in [0.4, 0.5) is 0 Å². The summed E-state index contributed by atoms with van der Waals surface area (Å²) in [6, 6.07) is -0.771. The smallest absolute Gasteiger partial charge is 0.320 e. The Morgan fingerprint density at radius 1 is 1.50 bits per heavy atom. The predicted octanol–water partition coefficient (Wildman–Crippen LogP) is -1.43. The SMILES string of the molecule is CN(C)C(N)NCCCC(N)C(=O)O. The summed E-state index contributed by atoms with van der Waals surface area (Å²) in [6.07, 6.45) is 0.966. The van der Waals surface area contributed by atoms with E-state index in [-0.39, 0.29) is 6.29 Å². The fraction of sp³-hybridized carbons (Fsp3) is 0.875. The van der Waals surface area contributed by atoms with Gasteiger partial charge in [-0.05, 0) is 33.5 Å². The highest BCUT2D eigenvalue weighted by Gasteiger charge is 2.10. The molecule has 0 heterocycles. The van der Waals surface area contributed by atoms with E-state index in [0.717, 1.165) is 0 Å². The van der Waals surface area contributed by atoms with E-state index in [0.29, 0.717) is 19.4 Å². The van der Waals surface area contributed by atoms with Crippen molar-refractivity contribution in [3.05, 3.63) is 0 Å². The average molecular weight is 204 g/mol. The Bertz CT molecular complexity index is 175. The highest BCUT2D eigenvalue weighted by molar-refractivity contribution is 5.72. The lowest BCUT2D eigenvalue weighted by atomic mass is 10.2. The number of carbonyl (C=O) groups is 1. The molecule has 0 aromatic carbocycles. The third kappa shape index (κ3) is 5.87. The Morgan fingerprint density at radius 3 is 2.50 bits per heavy atom. The van der Waals surface area contributed by atoms with Gasteiger partial charge < -0.3 is 16.6 Å². The molecular formula is C8H20N4O2. The Hall–Kier alpha value is -0.690. The van der Waals surface area contributed by atoms with Gasteiger partial charge in [-0.1, -0.05) is 0 Å². The summed E-state index contributed by atoms with van der Waals surface area (Å²) < 4.78 is 0. The number of nitrogens with two attached hydrogens (primary N) is 2. The molecule has 14 heavy (non-hydrogen) atoms. The van der Waals surface area contributed by atoms with Crippen LogP contribution in [-0.2, 0) is 4.79 Å². The van der Waals surface area contributed by atoms with E-state index < -0.39 is 12.0 Å². The van der Waals surface area contributed by atoms with Crippen LogP contribution in [0, 0.1) is 0 Å². The minimum Gasteiger partial charge on any atom is -0.480 e. The molecule has 0 fully saturated rings. The lowest BCUT2D eigenvalue weighted by Crippen LogP contribution is -2.48. The monoisotopic (exact) mass is 204 g/mol. The van der Waals surface area contributed by atoms with Crippen molar-refractivity contribution in [3.63, 3.8) is 0 Å². The van der Waals surface area contributed by atoms with Crippen LogP contribution in [0.15, 0.2) is 0 Å². The summed E-state index contributed by atoms with van der Waals surface area (Å²) in [4.78, 5) is 12.2. The van der Waals surface area contributed by atoms with Gasteiger partial charge >= 0.3 is 5.97 Å². The second kappa shape index (κ2) is 6.72. The summed E-state index contributed by atoms with van der Waals surface area (Å²) in [7, 11) is 3.72. The summed E-state index contributed by atoms with van der Waals surface area (Å²) >= 11 is 0. The molecule has 0 aromatic heterocycles. The van der Waals surface area contributed by atoms with Crippen LogP contribution in [0.5, 0.6) is 0 Å². The maximum absolute atomic E-state index is 10.4. The van der Waals surface area contributed by atoms with Gasteiger partial charge in [0.05, 0.1) is 0 Å². The maximum Gasteiger partial charge on any atom is 0.320 e. The quantitative estimate of drug-likeness (QED) is 0.299. The van der Waals surface area contributed by atoms with E-state index >= 15 is 0 Å². The molecular weight excluding hydrogens is 184 g/mol. The van der Waals surface area contributed by atoms with Crippen LogP contribution in [0.2, 0.25) is 0 Å². The van der Waals surface area contributed by atoms with Gasteiger partial charge in [0.2, 0.25) is 0 Å². The van der Waals surface area contributed by atoms with E-state index in [9.17, 15) is 4.79 Å². The third-order valence-electron chi connectivity index (χ3n) is 1.92. The summed E-state index contributed by atoms with van der Waals surface area (Å²) in [5, 5.41) is 11.5. The second-order valence-electron chi connectivity index (χ2n) is 3.45. The highest BCUT2D eigenvalue weighted by Crippen LogP contribution is 1.93. The number of aliphatic carboxylic acids is 1. The van der Waals surface area contributed by atoms with Crippen LogP contribution in [0.3, 0.4) is 0 Å². The van der Waals surface area contributed by atoms with Crippen molar-refractivity contribution < 1.29 is 9.90 Å². The molecule has 0 aliphatic carbocycles. The first kappa shape index (κ1) is 13.3. The van der Waals surface area contributed by atoms with Gasteiger partial charge in [0, 0.05) is 0 Å². The topological polar surface area (TPSA) is 105 Å². The molecule has 84 valence electrons. The van der Waals surface area contributed by atoms with Crippen molar-refractivity contribution in [2.45, 2.75) is 25.2 Å². The first-order valence-electron chi connectivity index (χ1n) is 4.59. The highest BCUT2D eigenvalue weighted by atomic mass is 16.4. The molecule has 0 bridgehead atoms. The van der Waals surface area contributed by atoms with Crippen molar-refractivity contribution in [1.29, 1.82) is 0 Å². The first-order valence-corrected chi connectivity index (χ1v) is 4.59. The molecule has 0 spiro atoms. The zero-order chi connectivity index (χ0) is 11.1. The molecule has 0 aromatic rings. The van der Waals surface area contributed by atoms with Gasteiger partial charge in [-0.3, -0.25) is 15.0 Å². The van der Waals surface area contributed by atoms with Gasteiger partial charge in [-0.25, -0.2) is 0 Å². The summed E-state index contributed by atoms with van der Waals surface area (Å²) in [6.45, 7) is 0.667. The number of nitrogens with one attached hydrogen (secondary N) is 1. The molecule has 0 saturated carbocycles. The van der Waals surface area contributed by atoms with E-state index in [2.05, 4.69) is 5.32 Å². The van der Waals surface area contributed by atoms with Crippen molar-refractivity contribution in [2.24, 2.45) is 11.5 Å². The molecule has 0 rings (SSSR count). The minimum atomic E-state index is -0.957. The zero-order valence-corrected chi connectivity index (χ0v) is 8.73. The number of hydrogen-bond acceptors (Lipinski definition) is 5. The number of hydrogen-bond donors (Lipinski definition) is 4. The summed E-state index contributed by atoms with van der Waals surface area (Å²) in [5.74, 6) is -0.957. The van der Waals surface area contributed by atoms with Crippen molar-refractivity contribution in [2.75, 3.05) is 20.6 Å². The van der Waals surface area contributed by atoms with Crippen LogP contribution >= 0.6 is 0 Å². The Balaban J connectivity index is 3.42. The van der Waals surface area contributed by atoms with Crippen molar-refractivity contribution in [3.8, 4) is 0 Å². The van der Waals surface area contributed by atoms with Crippen LogP contribution in [0.25, 0.3) is 0 Å². The van der Waals surface area contributed by atoms with Gasteiger partial charge in [0.1, 0.15) is 12.3 Å². The lowest BCUT2D eigenvalue weighted by molar-refractivity contribution is -0.138. The molecule has 0 saturated heterocycles. The van der Waals surface area contributed by atoms with Crippen LogP contribution in [-0.4, -0.2) is 48.9 Å². The lowest BCUT2D eigenvalue weighted by Gasteiger charge is -2.20.